The van der Waals surface area contributed by atoms with Crippen molar-refractivity contribution in [2.24, 2.45) is 0 Å². The Kier molecular flexibility index (Phi) is 4.39. The van der Waals surface area contributed by atoms with Crippen LogP contribution in [-0.4, -0.2) is 0 Å². The standard InChI is InChI=1S/C14H8BrClF4/c15-10-4-1-8(2-5-10)13(16)11-7-9(14(18,19)20)3-6-12(11)17/h1-7,13H. The lowest BCUT2D eigenvalue weighted by Crippen LogP contribution is -2.07. The molecule has 0 N–H and O–H groups in total. The van der Waals surface area contributed by atoms with Crippen LogP contribution in [0.2, 0.25) is 0 Å². The fraction of sp³-hybridized carbons (Fsp3) is 0.143. The first kappa shape index (κ1) is 15.3. The molecule has 0 fully saturated rings. The Morgan fingerprint density at radius 3 is 2.15 bits per heavy atom. The molecule has 0 aliphatic rings. The molecule has 0 saturated carbocycles. The molecule has 1 atom stereocenters. The summed E-state index contributed by atoms with van der Waals surface area (Å²) in [5.41, 5.74) is -0.589. The Morgan fingerprint density at radius 1 is 1.00 bits per heavy atom. The Bertz CT molecular complexity index is 608. The minimum Gasteiger partial charge on any atom is -0.207 e. The minimum atomic E-state index is -4.53. The summed E-state index contributed by atoms with van der Waals surface area (Å²) in [6.45, 7) is 0. The number of benzene rings is 2. The maximum atomic E-state index is 13.7. The molecule has 106 valence electrons. The maximum Gasteiger partial charge on any atom is 0.416 e. The van der Waals surface area contributed by atoms with Gasteiger partial charge in [-0.3, -0.25) is 0 Å². The molecule has 0 bridgehead atoms. The van der Waals surface area contributed by atoms with Crippen molar-refractivity contribution in [3.8, 4) is 0 Å². The van der Waals surface area contributed by atoms with E-state index in [9.17, 15) is 17.6 Å². The van der Waals surface area contributed by atoms with Gasteiger partial charge in [0.25, 0.3) is 0 Å². The Morgan fingerprint density at radius 2 is 1.60 bits per heavy atom. The van der Waals surface area contributed by atoms with Crippen molar-refractivity contribution in [2.45, 2.75) is 11.6 Å². The van der Waals surface area contributed by atoms with Gasteiger partial charge in [0.2, 0.25) is 0 Å². The molecule has 2 rings (SSSR count). The second-order valence-corrected chi connectivity index (χ2v) is 5.50. The third kappa shape index (κ3) is 3.33. The highest BCUT2D eigenvalue weighted by molar-refractivity contribution is 9.10. The van der Waals surface area contributed by atoms with Crippen molar-refractivity contribution in [3.63, 3.8) is 0 Å². The largest absolute Gasteiger partial charge is 0.416 e. The van der Waals surface area contributed by atoms with Crippen LogP contribution in [-0.2, 0) is 6.18 Å². The highest BCUT2D eigenvalue weighted by Crippen LogP contribution is 2.36. The van der Waals surface area contributed by atoms with E-state index >= 15 is 0 Å². The van der Waals surface area contributed by atoms with Crippen molar-refractivity contribution in [1.29, 1.82) is 0 Å². The van der Waals surface area contributed by atoms with E-state index in [1.54, 1.807) is 24.3 Å². The van der Waals surface area contributed by atoms with Gasteiger partial charge >= 0.3 is 6.18 Å². The van der Waals surface area contributed by atoms with Crippen LogP contribution in [0.3, 0.4) is 0 Å². The predicted molar refractivity (Wildman–Crippen MR) is 73.2 cm³/mol. The van der Waals surface area contributed by atoms with Crippen LogP contribution in [0.5, 0.6) is 0 Å². The lowest BCUT2D eigenvalue weighted by atomic mass is 10.0. The lowest BCUT2D eigenvalue weighted by Gasteiger charge is -2.14. The van der Waals surface area contributed by atoms with E-state index < -0.39 is 22.9 Å². The molecule has 6 heteroatoms. The summed E-state index contributed by atoms with van der Waals surface area (Å²) >= 11 is 9.33. The number of halogens is 6. The van der Waals surface area contributed by atoms with Crippen molar-refractivity contribution < 1.29 is 17.6 Å². The molecule has 0 radical (unpaired) electrons. The van der Waals surface area contributed by atoms with E-state index in [1.807, 2.05) is 0 Å². The van der Waals surface area contributed by atoms with Crippen molar-refractivity contribution in [2.75, 3.05) is 0 Å². The number of alkyl halides is 4. The number of rotatable bonds is 2. The van der Waals surface area contributed by atoms with E-state index in [0.717, 1.165) is 16.6 Å². The Labute approximate surface area is 126 Å². The predicted octanol–water partition coefficient (Wildman–Crippen LogP) is 5.94. The fourth-order valence-electron chi connectivity index (χ4n) is 1.73. The first-order chi connectivity index (χ1) is 9.29. The molecular formula is C14H8BrClF4. The van der Waals surface area contributed by atoms with Gasteiger partial charge in [0.1, 0.15) is 5.82 Å². The molecule has 2 aromatic carbocycles. The molecule has 0 amide bonds. The third-order valence-electron chi connectivity index (χ3n) is 2.76. The van der Waals surface area contributed by atoms with Gasteiger partial charge in [-0.1, -0.05) is 28.1 Å². The second kappa shape index (κ2) is 5.74. The van der Waals surface area contributed by atoms with Crippen LogP contribution in [0.1, 0.15) is 22.1 Å². The molecule has 2 aromatic rings. The number of hydrogen-bond acceptors (Lipinski definition) is 0. The minimum absolute atomic E-state index is 0.191. The SMILES string of the molecule is Fc1ccc(C(F)(F)F)cc1C(Cl)c1ccc(Br)cc1. The fourth-order valence-corrected chi connectivity index (χ4v) is 2.30. The van der Waals surface area contributed by atoms with Crippen LogP contribution >= 0.6 is 27.5 Å². The van der Waals surface area contributed by atoms with Gasteiger partial charge in [0.15, 0.2) is 0 Å². The van der Waals surface area contributed by atoms with E-state index in [0.29, 0.717) is 11.6 Å². The van der Waals surface area contributed by atoms with Crippen LogP contribution in [0.4, 0.5) is 17.6 Å². The zero-order valence-corrected chi connectivity index (χ0v) is 12.2. The van der Waals surface area contributed by atoms with Gasteiger partial charge in [-0.25, -0.2) is 4.39 Å². The summed E-state index contributed by atoms with van der Waals surface area (Å²) in [5, 5.41) is -0.981. The molecule has 0 saturated heterocycles. The Balaban J connectivity index is 2.43. The smallest absolute Gasteiger partial charge is 0.207 e. The van der Waals surface area contributed by atoms with Gasteiger partial charge in [-0.15, -0.1) is 11.6 Å². The van der Waals surface area contributed by atoms with E-state index in [1.165, 1.54) is 0 Å². The van der Waals surface area contributed by atoms with Crippen LogP contribution in [0, 0.1) is 5.82 Å². The third-order valence-corrected chi connectivity index (χ3v) is 3.77. The normalized spacial score (nSPS) is 13.3. The topological polar surface area (TPSA) is 0 Å². The Hall–Kier alpha value is -1.07. The van der Waals surface area contributed by atoms with Gasteiger partial charge in [-0.05, 0) is 35.9 Å². The highest BCUT2D eigenvalue weighted by Gasteiger charge is 2.32. The van der Waals surface area contributed by atoms with Crippen molar-refractivity contribution in [3.05, 3.63) is 69.4 Å². The van der Waals surface area contributed by atoms with Crippen LogP contribution < -0.4 is 0 Å². The molecule has 1 unspecified atom stereocenters. The second-order valence-electron chi connectivity index (χ2n) is 4.15. The quantitative estimate of drug-likeness (QED) is 0.455. The van der Waals surface area contributed by atoms with Crippen molar-refractivity contribution >= 4 is 27.5 Å². The first-order valence-electron chi connectivity index (χ1n) is 5.55. The average molecular weight is 368 g/mol. The van der Waals surface area contributed by atoms with E-state index in [4.69, 9.17) is 11.6 Å². The summed E-state index contributed by atoms with van der Waals surface area (Å²) in [7, 11) is 0. The molecule has 0 aromatic heterocycles. The summed E-state index contributed by atoms with van der Waals surface area (Å²) in [4.78, 5) is 0. The summed E-state index contributed by atoms with van der Waals surface area (Å²) in [5.74, 6) is -0.763. The summed E-state index contributed by atoms with van der Waals surface area (Å²) < 4.78 is 52.5. The maximum absolute atomic E-state index is 13.7. The van der Waals surface area contributed by atoms with Gasteiger partial charge in [-0.2, -0.15) is 13.2 Å². The molecule has 0 spiro atoms. The molecule has 20 heavy (non-hydrogen) atoms. The van der Waals surface area contributed by atoms with Crippen molar-refractivity contribution in [1.82, 2.24) is 0 Å². The summed E-state index contributed by atoms with van der Waals surface area (Å²) in [6.07, 6.45) is -4.53. The van der Waals surface area contributed by atoms with Gasteiger partial charge < -0.3 is 0 Å². The molecule has 0 nitrogen and oxygen atoms in total. The lowest BCUT2D eigenvalue weighted by molar-refractivity contribution is -0.137. The average Bonchev–Trinajstić information content (AvgIpc) is 2.38. The van der Waals surface area contributed by atoms with Crippen LogP contribution in [0.15, 0.2) is 46.9 Å². The zero-order chi connectivity index (χ0) is 14.9. The monoisotopic (exact) mass is 366 g/mol. The number of hydrogen-bond donors (Lipinski definition) is 0. The van der Waals surface area contributed by atoms with E-state index in [2.05, 4.69) is 15.9 Å². The highest BCUT2D eigenvalue weighted by atomic mass is 79.9. The van der Waals surface area contributed by atoms with Gasteiger partial charge in [0, 0.05) is 10.0 Å². The van der Waals surface area contributed by atoms with E-state index in [-0.39, 0.29) is 5.56 Å². The molecular weight excluding hydrogens is 360 g/mol. The molecule has 0 aliphatic heterocycles. The van der Waals surface area contributed by atoms with Crippen LogP contribution in [0.25, 0.3) is 0 Å². The first-order valence-corrected chi connectivity index (χ1v) is 6.78. The summed E-state index contributed by atoms with van der Waals surface area (Å²) in [6, 6.07) is 8.86. The zero-order valence-electron chi connectivity index (χ0n) is 9.89. The molecule has 0 aliphatic carbocycles. The van der Waals surface area contributed by atoms with Gasteiger partial charge in [0.05, 0.1) is 10.9 Å². The molecule has 0 heterocycles.